The van der Waals surface area contributed by atoms with E-state index in [-0.39, 0.29) is 36.4 Å². The second kappa shape index (κ2) is 10.2. The molecule has 1 aromatic heterocycles. The van der Waals surface area contributed by atoms with Crippen molar-refractivity contribution < 1.29 is 14.4 Å². The van der Waals surface area contributed by atoms with Crippen LogP contribution in [0.15, 0.2) is 54.7 Å². The summed E-state index contributed by atoms with van der Waals surface area (Å²) in [5.74, 6) is -0.958. The van der Waals surface area contributed by atoms with Gasteiger partial charge in [0.2, 0.25) is 5.91 Å². The number of aromatic nitrogens is 3. The van der Waals surface area contributed by atoms with Gasteiger partial charge >= 0.3 is 6.17 Å². The Balaban J connectivity index is 1.41. The van der Waals surface area contributed by atoms with Gasteiger partial charge in [0, 0.05) is 24.3 Å². The van der Waals surface area contributed by atoms with Crippen LogP contribution in [0.2, 0.25) is 5.02 Å². The van der Waals surface area contributed by atoms with E-state index in [2.05, 4.69) is 20.5 Å². The molecule has 10 nitrogen and oxygen atoms in total. The molecule has 0 bridgehead atoms. The summed E-state index contributed by atoms with van der Waals surface area (Å²) in [5.41, 5.74) is 1.27. The number of hydrogen-bond acceptors (Lipinski definition) is 5. The van der Waals surface area contributed by atoms with Crippen LogP contribution in [-0.2, 0) is 15.0 Å². The molecule has 2 aliphatic heterocycles. The van der Waals surface area contributed by atoms with E-state index >= 15 is 0 Å². The lowest BCUT2D eigenvalue weighted by Crippen LogP contribution is -2.51. The quantitative estimate of drug-likeness (QED) is 0.475. The minimum Gasteiger partial charge on any atom is -0.328 e. The molecule has 1 fully saturated rings. The van der Waals surface area contributed by atoms with Crippen LogP contribution in [0.3, 0.4) is 0 Å². The summed E-state index contributed by atoms with van der Waals surface area (Å²) >= 11 is 5.97. The van der Waals surface area contributed by atoms with E-state index in [9.17, 15) is 14.4 Å². The highest BCUT2D eigenvalue weighted by Crippen LogP contribution is 2.47. The fraction of sp³-hybridized carbons (Fsp3) is 0.357. The number of rotatable bonds is 6. The molecule has 0 unspecified atom stereocenters. The zero-order valence-electron chi connectivity index (χ0n) is 21.8. The van der Waals surface area contributed by atoms with Crippen LogP contribution in [0.4, 0.5) is 5.69 Å². The van der Waals surface area contributed by atoms with Crippen molar-refractivity contribution in [2.75, 3.05) is 18.9 Å². The van der Waals surface area contributed by atoms with Gasteiger partial charge in [-0.15, -0.1) is 5.10 Å². The van der Waals surface area contributed by atoms with Crippen LogP contribution in [0.1, 0.15) is 42.7 Å². The first-order valence-electron chi connectivity index (χ1n) is 12.7. The zero-order chi connectivity index (χ0) is 27.9. The molecule has 1 N–H and O–H groups in total. The Morgan fingerprint density at radius 3 is 2.64 bits per heavy atom. The largest absolute Gasteiger partial charge is 0.328 e. The van der Waals surface area contributed by atoms with Gasteiger partial charge in [0.15, 0.2) is 5.69 Å². The Hall–Kier alpha value is -4.23. The molecule has 3 aromatic rings. The number of nitrogens with one attached hydrogen (secondary N) is 1. The highest BCUT2D eigenvalue weighted by molar-refractivity contribution is 6.30. The molecule has 5 rings (SSSR count). The average molecular weight is 546 g/mol. The summed E-state index contributed by atoms with van der Waals surface area (Å²) < 4.78 is 1.46. The normalized spacial score (nSPS) is 20.6. The average Bonchev–Trinajstić information content (AvgIpc) is 3.63. The Morgan fingerprint density at radius 1 is 1.23 bits per heavy atom. The Bertz CT molecular complexity index is 1480. The highest BCUT2D eigenvalue weighted by atomic mass is 35.5. The monoisotopic (exact) mass is 545 g/mol. The number of benzene rings is 2. The van der Waals surface area contributed by atoms with Gasteiger partial charge in [-0.05, 0) is 48.2 Å². The molecule has 2 aromatic carbocycles. The van der Waals surface area contributed by atoms with Crippen molar-refractivity contribution in [3.8, 4) is 5.69 Å². The molecule has 11 heteroatoms. The number of fused-ring (bicyclic) bond motifs is 2. The summed E-state index contributed by atoms with van der Waals surface area (Å²) in [6, 6.07) is 13.5. The molecular weight excluding hydrogens is 518 g/mol. The third kappa shape index (κ3) is 4.63. The van der Waals surface area contributed by atoms with Crippen molar-refractivity contribution in [1.82, 2.24) is 24.8 Å². The van der Waals surface area contributed by atoms with Gasteiger partial charge in [0.25, 0.3) is 11.8 Å². The molecule has 3 heterocycles. The Kier molecular flexibility index (Phi) is 6.87. The molecule has 2 aliphatic rings. The first kappa shape index (κ1) is 26.4. The maximum Gasteiger partial charge on any atom is 0.302 e. The van der Waals surface area contributed by atoms with Crippen molar-refractivity contribution in [3.05, 3.63) is 82.4 Å². The lowest BCUT2D eigenvalue weighted by molar-refractivity contribution is -0.136. The Labute approximate surface area is 231 Å². The molecule has 39 heavy (non-hydrogen) atoms. The fourth-order valence-electron chi connectivity index (χ4n) is 5.42. The van der Waals surface area contributed by atoms with Gasteiger partial charge in [0.1, 0.15) is 11.5 Å². The highest BCUT2D eigenvalue weighted by Gasteiger charge is 2.59. The van der Waals surface area contributed by atoms with Crippen molar-refractivity contribution in [3.63, 3.8) is 0 Å². The molecule has 3 atom stereocenters. The van der Waals surface area contributed by atoms with Crippen molar-refractivity contribution in [2.45, 2.75) is 44.3 Å². The Morgan fingerprint density at radius 2 is 1.95 bits per heavy atom. The van der Waals surface area contributed by atoms with E-state index in [1.165, 1.54) is 20.7 Å². The standard InChI is InChI=1S/C28H28ClN7O3/c1-17(2)13-23(34(4)25(37)22-15-36(33-32-22)19-11-9-18(29)10-12-19)26(38)35-16-28(14-24(35)30-3)20-7-5-6-8-21(20)31-27(28)39/h5-12,15,17,23-24H,13-14,16H2,1-2,4H3,(H,31,39)/t23-,24-,28-/m0/s1. The lowest BCUT2D eigenvalue weighted by Gasteiger charge is -2.31. The molecule has 200 valence electrons. The number of nitrogens with zero attached hydrogens (tertiary/aromatic N) is 6. The minimum atomic E-state index is -0.992. The fourth-order valence-corrected chi connectivity index (χ4v) is 5.55. The molecular formula is C28H28ClN7O3. The predicted molar refractivity (Wildman–Crippen MR) is 145 cm³/mol. The summed E-state index contributed by atoms with van der Waals surface area (Å²) in [6.45, 7) is 11.8. The molecule has 1 spiro atoms. The van der Waals surface area contributed by atoms with Gasteiger partial charge in [-0.25, -0.2) is 11.3 Å². The number of para-hydroxylation sites is 1. The number of likely N-dealkylation sites (N-methyl/N-ethyl adjacent to an activating group) is 1. The summed E-state index contributed by atoms with van der Waals surface area (Å²) in [5, 5.41) is 11.6. The predicted octanol–water partition coefficient (Wildman–Crippen LogP) is 3.78. The number of carbonyl (C=O) groups is 3. The molecule has 1 saturated heterocycles. The van der Waals surface area contributed by atoms with E-state index in [4.69, 9.17) is 18.2 Å². The summed E-state index contributed by atoms with van der Waals surface area (Å²) in [4.78, 5) is 47.3. The topological polar surface area (TPSA) is 105 Å². The van der Waals surface area contributed by atoms with Crippen LogP contribution in [0.5, 0.6) is 0 Å². The molecule has 0 radical (unpaired) electrons. The minimum absolute atomic E-state index is 0.0745. The second-order valence-electron chi connectivity index (χ2n) is 10.4. The number of anilines is 1. The van der Waals surface area contributed by atoms with E-state index in [1.54, 1.807) is 31.3 Å². The van der Waals surface area contributed by atoms with Crippen LogP contribution in [0, 0.1) is 12.5 Å². The van der Waals surface area contributed by atoms with E-state index in [0.29, 0.717) is 22.8 Å². The number of hydrogen-bond donors (Lipinski definition) is 1. The maximum absolute atomic E-state index is 14.0. The first-order valence-corrected chi connectivity index (χ1v) is 13.1. The maximum atomic E-state index is 14.0. The molecule has 3 amide bonds. The number of carbonyl (C=O) groups excluding carboxylic acids is 3. The SMILES string of the molecule is [C-]#[N+][C@@H]1C[C@@]2(CN1C(=O)[C@H](CC(C)C)N(C)C(=O)c1cn(-c3ccc(Cl)cc3)nn1)C(=O)Nc1ccccc12. The van der Waals surface area contributed by atoms with E-state index < -0.39 is 23.5 Å². The smallest absolute Gasteiger partial charge is 0.302 e. The van der Waals surface area contributed by atoms with E-state index in [0.717, 1.165) is 5.56 Å². The van der Waals surface area contributed by atoms with Gasteiger partial charge in [-0.3, -0.25) is 24.1 Å². The number of amides is 3. The second-order valence-corrected chi connectivity index (χ2v) is 10.9. The lowest BCUT2D eigenvalue weighted by atomic mass is 9.80. The van der Waals surface area contributed by atoms with Gasteiger partial charge in [-0.1, -0.05) is 48.9 Å². The van der Waals surface area contributed by atoms with Crippen molar-refractivity contribution in [1.29, 1.82) is 0 Å². The van der Waals surface area contributed by atoms with E-state index in [1.807, 2.05) is 38.1 Å². The van der Waals surface area contributed by atoms with Crippen LogP contribution >= 0.6 is 11.6 Å². The molecule has 0 aliphatic carbocycles. The molecule has 0 saturated carbocycles. The van der Waals surface area contributed by atoms with Gasteiger partial charge in [0.05, 0.1) is 18.3 Å². The van der Waals surface area contributed by atoms with Crippen LogP contribution < -0.4 is 5.32 Å². The number of likely N-dealkylation sites (tertiary alicyclic amines) is 1. The van der Waals surface area contributed by atoms with Gasteiger partial charge < -0.3 is 10.2 Å². The van der Waals surface area contributed by atoms with Crippen molar-refractivity contribution in [2.24, 2.45) is 5.92 Å². The third-order valence-electron chi connectivity index (χ3n) is 7.46. The van der Waals surface area contributed by atoms with Crippen LogP contribution in [-0.4, -0.2) is 68.3 Å². The summed E-state index contributed by atoms with van der Waals surface area (Å²) in [6.07, 6.45) is 1.26. The number of halogens is 1. The van der Waals surface area contributed by atoms with Crippen molar-refractivity contribution >= 4 is 35.0 Å². The van der Waals surface area contributed by atoms with Crippen LogP contribution in [0.25, 0.3) is 10.5 Å². The zero-order valence-corrected chi connectivity index (χ0v) is 22.6. The first-order chi connectivity index (χ1) is 18.6. The third-order valence-corrected chi connectivity index (χ3v) is 7.71. The summed E-state index contributed by atoms with van der Waals surface area (Å²) in [7, 11) is 1.56. The van der Waals surface area contributed by atoms with Gasteiger partial charge in [-0.2, -0.15) is 0 Å².